The predicted octanol–water partition coefficient (Wildman–Crippen LogP) is 3.11. The Balaban J connectivity index is 2.12. The van der Waals surface area contributed by atoms with Crippen LogP contribution in [0.15, 0.2) is 30.0 Å². The normalized spacial score (nSPS) is 15.1. The van der Waals surface area contributed by atoms with Crippen molar-refractivity contribution in [2.24, 2.45) is 0 Å². The second-order valence-corrected chi connectivity index (χ2v) is 4.65. The summed E-state index contributed by atoms with van der Waals surface area (Å²) in [6.45, 7) is 4.84. The molecule has 0 aliphatic carbocycles. The maximum atomic E-state index is 12.1. The number of rotatable bonds is 3. The molecule has 0 radical (unpaired) electrons. The highest BCUT2D eigenvalue weighted by Gasteiger charge is 2.14. The lowest BCUT2D eigenvalue weighted by Crippen LogP contribution is -2.12. The minimum Gasteiger partial charge on any atom is -0.501 e. The molecule has 0 bridgehead atoms. The van der Waals surface area contributed by atoms with E-state index in [1.165, 1.54) is 11.1 Å². The number of carbonyl (C=O) groups is 1. The van der Waals surface area contributed by atoms with Gasteiger partial charge < -0.3 is 4.74 Å². The summed E-state index contributed by atoms with van der Waals surface area (Å²) >= 11 is 0. The standard InChI is InChI=1S/C15H18O2/c1-11-5-6-12(2)14(8-11)9-15(16)13-4-3-7-17-10-13/h5-6,8,10H,3-4,7,9H2,1-2H3. The van der Waals surface area contributed by atoms with Gasteiger partial charge in [0, 0.05) is 12.0 Å². The van der Waals surface area contributed by atoms with Gasteiger partial charge >= 0.3 is 0 Å². The number of hydrogen-bond donors (Lipinski definition) is 0. The quantitative estimate of drug-likeness (QED) is 0.797. The number of allylic oxidation sites excluding steroid dienone is 1. The average Bonchev–Trinajstić information content (AvgIpc) is 2.35. The predicted molar refractivity (Wildman–Crippen MR) is 67.9 cm³/mol. The van der Waals surface area contributed by atoms with E-state index in [-0.39, 0.29) is 5.78 Å². The van der Waals surface area contributed by atoms with Crippen molar-refractivity contribution in [1.82, 2.24) is 0 Å². The molecule has 1 aromatic carbocycles. The molecule has 0 spiro atoms. The summed E-state index contributed by atoms with van der Waals surface area (Å²) in [5, 5.41) is 0. The Morgan fingerprint density at radius 2 is 2.18 bits per heavy atom. The highest BCUT2D eigenvalue weighted by atomic mass is 16.5. The van der Waals surface area contributed by atoms with Crippen LogP contribution in [0.25, 0.3) is 0 Å². The van der Waals surface area contributed by atoms with Crippen molar-refractivity contribution in [3.8, 4) is 0 Å². The van der Waals surface area contributed by atoms with Gasteiger partial charge in [0.05, 0.1) is 12.9 Å². The molecule has 1 aliphatic heterocycles. The van der Waals surface area contributed by atoms with Crippen molar-refractivity contribution in [3.63, 3.8) is 0 Å². The van der Waals surface area contributed by atoms with Crippen LogP contribution in [-0.2, 0) is 16.0 Å². The summed E-state index contributed by atoms with van der Waals surface area (Å²) in [6.07, 6.45) is 3.92. The van der Waals surface area contributed by atoms with Gasteiger partial charge in [0.2, 0.25) is 0 Å². The molecule has 1 aromatic rings. The van der Waals surface area contributed by atoms with Gasteiger partial charge in [0.1, 0.15) is 0 Å². The van der Waals surface area contributed by atoms with Gasteiger partial charge in [0.25, 0.3) is 0 Å². The molecule has 2 heteroatoms. The molecule has 0 fully saturated rings. The van der Waals surface area contributed by atoms with Crippen LogP contribution in [0.1, 0.15) is 29.5 Å². The van der Waals surface area contributed by atoms with E-state index >= 15 is 0 Å². The van der Waals surface area contributed by atoms with Crippen LogP contribution in [0.2, 0.25) is 0 Å². The molecule has 0 N–H and O–H groups in total. The molecule has 0 saturated carbocycles. The second-order valence-electron chi connectivity index (χ2n) is 4.65. The minimum absolute atomic E-state index is 0.193. The summed E-state index contributed by atoms with van der Waals surface area (Å²) in [7, 11) is 0. The zero-order valence-electron chi connectivity index (χ0n) is 10.5. The summed E-state index contributed by atoms with van der Waals surface area (Å²) in [4.78, 5) is 12.1. The van der Waals surface area contributed by atoms with Gasteiger partial charge in [-0.25, -0.2) is 0 Å². The number of Topliss-reactive ketones (excluding diaryl/α,β-unsaturated/α-hetero) is 1. The number of carbonyl (C=O) groups excluding carboxylic acids is 1. The van der Waals surface area contributed by atoms with Crippen LogP contribution in [-0.4, -0.2) is 12.4 Å². The number of ketones is 1. The van der Waals surface area contributed by atoms with E-state index in [1.807, 2.05) is 6.92 Å². The Labute approximate surface area is 102 Å². The van der Waals surface area contributed by atoms with Crippen molar-refractivity contribution >= 4 is 5.78 Å². The molecule has 2 rings (SSSR count). The lowest BCUT2D eigenvalue weighted by molar-refractivity contribution is -0.115. The van der Waals surface area contributed by atoms with Gasteiger partial charge in [-0.3, -0.25) is 4.79 Å². The molecule has 17 heavy (non-hydrogen) atoms. The third-order valence-corrected chi connectivity index (χ3v) is 3.15. The number of ether oxygens (including phenoxy) is 1. The minimum atomic E-state index is 0.193. The highest BCUT2D eigenvalue weighted by Crippen LogP contribution is 2.17. The SMILES string of the molecule is Cc1ccc(C)c(CC(=O)C2=COCCC2)c1. The highest BCUT2D eigenvalue weighted by molar-refractivity contribution is 5.96. The molecular weight excluding hydrogens is 212 g/mol. The van der Waals surface area contributed by atoms with E-state index in [4.69, 9.17) is 4.74 Å². The Morgan fingerprint density at radius 3 is 2.88 bits per heavy atom. The fraction of sp³-hybridized carbons (Fsp3) is 0.400. The monoisotopic (exact) mass is 230 g/mol. The molecular formula is C15H18O2. The molecule has 2 nitrogen and oxygen atoms in total. The first-order valence-corrected chi connectivity index (χ1v) is 6.07. The van der Waals surface area contributed by atoms with Crippen molar-refractivity contribution in [2.45, 2.75) is 33.1 Å². The Hall–Kier alpha value is -1.57. The fourth-order valence-electron chi connectivity index (χ4n) is 2.05. The summed E-state index contributed by atoms with van der Waals surface area (Å²) in [5.41, 5.74) is 4.34. The summed E-state index contributed by atoms with van der Waals surface area (Å²) in [6, 6.07) is 6.24. The van der Waals surface area contributed by atoms with Crippen LogP contribution in [0.5, 0.6) is 0 Å². The van der Waals surface area contributed by atoms with E-state index < -0.39 is 0 Å². The summed E-state index contributed by atoms with van der Waals surface area (Å²) < 4.78 is 5.21. The van der Waals surface area contributed by atoms with E-state index in [2.05, 4.69) is 25.1 Å². The molecule has 0 unspecified atom stereocenters. The topological polar surface area (TPSA) is 26.3 Å². The van der Waals surface area contributed by atoms with Crippen LogP contribution in [0.3, 0.4) is 0 Å². The molecule has 0 atom stereocenters. The molecule has 0 amide bonds. The first-order chi connectivity index (χ1) is 8.16. The van der Waals surface area contributed by atoms with Crippen molar-refractivity contribution < 1.29 is 9.53 Å². The third-order valence-electron chi connectivity index (χ3n) is 3.15. The van der Waals surface area contributed by atoms with Crippen LogP contribution in [0, 0.1) is 13.8 Å². The van der Waals surface area contributed by atoms with Crippen LogP contribution in [0.4, 0.5) is 0 Å². The Kier molecular flexibility index (Phi) is 3.62. The Morgan fingerprint density at radius 1 is 1.35 bits per heavy atom. The number of aryl methyl sites for hydroxylation is 2. The van der Waals surface area contributed by atoms with E-state index in [0.717, 1.165) is 30.6 Å². The maximum absolute atomic E-state index is 12.1. The lowest BCUT2D eigenvalue weighted by Gasteiger charge is -2.13. The van der Waals surface area contributed by atoms with E-state index in [9.17, 15) is 4.79 Å². The van der Waals surface area contributed by atoms with Crippen molar-refractivity contribution in [3.05, 3.63) is 46.7 Å². The smallest absolute Gasteiger partial charge is 0.166 e. The van der Waals surface area contributed by atoms with Gasteiger partial charge in [-0.2, -0.15) is 0 Å². The lowest BCUT2D eigenvalue weighted by atomic mass is 9.96. The third kappa shape index (κ3) is 2.96. The molecule has 0 aromatic heterocycles. The second kappa shape index (κ2) is 5.17. The molecule has 0 saturated heterocycles. The Bertz CT molecular complexity index is 458. The number of benzene rings is 1. The van der Waals surface area contributed by atoms with E-state index in [0.29, 0.717) is 6.42 Å². The summed E-state index contributed by atoms with van der Waals surface area (Å²) in [5.74, 6) is 0.193. The van der Waals surface area contributed by atoms with Gasteiger partial charge in [-0.05, 0) is 37.8 Å². The van der Waals surface area contributed by atoms with Crippen molar-refractivity contribution in [1.29, 1.82) is 0 Å². The van der Waals surface area contributed by atoms with Gasteiger partial charge in [-0.1, -0.05) is 23.8 Å². The first-order valence-electron chi connectivity index (χ1n) is 6.07. The number of hydrogen-bond acceptors (Lipinski definition) is 2. The average molecular weight is 230 g/mol. The van der Waals surface area contributed by atoms with Gasteiger partial charge in [0.15, 0.2) is 5.78 Å². The molecule has 90 valence electrons. The maximum Gasteiger partial charge on any atom is 0.166 e. The van der Waals surface area contributed by atoms with Gasteiger partial charge in [-0.15, -0.1) is 0 Å². The fourth-order valence-corrected chi connectivity index (χ4v) is 2.05. The van der Waals surface area contributed by atoms with Crippen LogP contribution >= 0.6 is 0 Å². The zero-order chi connectivity index (χ0) is 12.3. The van der Waals surface area contributed by atoms with Crippen LogP contribution < -0.4 is 0 Å². The van der Waals surface area contributed by atoms with E-state index in [1.54, 1.807) is 6.26 Å². The largest absolute Gasteiger partial charge is 0.501 e. The molecule has 1 aliphatic rings. The molecule has 1 heterocycles. The first kappa shape index (κ1) is 11.9. The zero-order valence-corrected chi connectivity index (χ0v) is 10.5. The van der Waals surface area contributed by atoms with Crippen molar-refractivity contribution in [2.75, 3.05) is 6.61 Å².